The van der Waals surface area contributed by atoms with E-state index in [1.54, 1.807) is 18.2 Å². The van der Waals surface area contributed by atoms with Crippen LogP contribution in [0.4, 0.5) is 11.4 Å². The van der Waals surface area contributed by atoms with Gasteiger partial charge in [-0.25, -0.2) is 0 Å². The van der Waals surface area contributed by atoms with Crippen LogP contribution in [0.2, 0.25) is 5.02 Å². The van der Waals surface area contributed by atoms with Crippen molar-refractivity contribution in [2.75, 3.05) is 12.0 Å². The van der Waals surface area contributed by atoms with Gasteiger partial charge in [0.2, 0.25) is 0 Å². The van der Waals surface area contributed by atoms with E-state index in [0.717, 1.165) is 6.07 Å². The first-order chi connectivity index (χ1) is 16.2. The third kappa shape index (κ3) is 3.93. The topological polar surface area (TPSA) is 130 Å². The summed E-state index contributed by atoms with van der Waals surface area (Å²) in [6.45, 7) is 0. The maximum atomic E-state index is 13.1. The summed E-state index contributed by atoms with van der Waals surface area (Å²) < 4.78 is 5.07. The highest BCUT2D eigenvalue weighted by Crippen LogP contribution is 2.44. The van der Waals surface area contributed by atoms with Crippen LogP contribution in [0, 0.1) is 10.1 Å². The van der Waals surface area contributed by atoms with Crippen LogP contribution in [-0.4, -0.2) is 33.9 Å². The number of hydrogen-bond acceptors (Lipinski definition) is 7. The second-order valence-corrected chi connectivity index (χ2v) is 7.82. The summed E-state index contributed by atoms with van der Waals surface area (Å²) in [5.74, 6) is -2.56. The molecule has 0 radical (unpaired) electrons. The minimum Gasteiger partial charge on any atom is -0.507 e. The fourth-order valence-corrected chi connectivity index (χ4v) is 3.94. The highest BCUT2D eigenvalue weighted by Gasteiger charge is 2.47. The molecular formula is C24H17ClN2O7. The third-order valence-corrected chi connectivity index (χ3v) is 5.65. The number of benzene rings is 3. The molecule has 172 valence electrons. The van der Waals surface area contributed by atoms with E-state index < -0.39 is 28.4 Å². The van der Waals surface area contributed by atoms with Gasteiger partial charge in [0, 0.05) is 28.4 Å². The molecule has 0 aromatic heterocycles. The minimum atomic E-state index is -1.14. The SMILES string of the molecule is COc1ccc(C2/C(=C(/O)c3cccc([N+](=O)[O-])c3)C(=O)C(=O)N2c2ccc(Cl)cc2)cc1O. The Labute approximate surface area is 198 Å². The molecule has 0 spiro atoms. The van der Waals surface area contributed by atoms with Crippen molar-refractivity contribution in [3.05, 3.63) is 98.6 Å². The molecule has 1 fully saturated rings. The zero-order valence-electron chi connectivity index (χ0n) is 17.6. The van der Waals surface area contributed by atoms with Crippen molar-refractivity contribution in [3.8, 4) is 11.5 Å². The molecule has 1 saturated heterocycles. The van der Waals surface area contributed by atoms with Gasteiger partial charge in [0.05, 0.1) is 23.6 Å². The molecule has 1 heterocycles. The van der Waals surface area contributed by atoms with Crippen molar-refractivity contribution in [2.24, 2.45) is 0 Å². The maximum Gasteiger partial charge on any atom is 0.300 e. The molecule has 3 aromatic carbocycles. The van der Waals surface area contributed by atoms with Gasteiger partial charge in [-0.3, -0.25) is 24.6 Å². The number of phenolic OH excluding ortho intramolecular Hbond substituents is 1. The van der Waals surface area contributed by atoms with E-state index in [1.165, 1.54) is 54.5 Å². The number of carbonyl (C=O) groups excluding carboxylic acids is 2. The van der Waals surface area contributed by atoms with Crippen LogP contribution in [0.25, 0.3) is 5.76 Å². The van der Waals surface area contributed by atoms with Gasteiger partial charge in [-0.1, -0.05) is 29.8 Å². The number of carbonyl (C=O) groups is 2. The normalized spacial score (nSPS) is 17.1. The van der Waals surface area contributed by atoms with Crippen LogP contribution in [0.15, 0.2) is 72.3 Å². The molecule has 4 rings (SSSR count). The number of non-ortho nitro benzene ring substituents is 1. The number of nitro benzene ring substituents is 1. The molecule has 0 aliphatic carbocycles. The average Bonchev–Trinajstić information content (AvgIpc) is 3.09. The number of aromatic hydroxyl groups is 1. The molecule has 1 unspecified atom stereocenters. The predicted octanol–water partition coefficient (Wildman–Crippen LogP) is 4.59. The van der Waals surface area contributed by atoms with E-state index in [4.69, 9.17) is 16.3 Å². The number of ether oxygens (including phenoxy) is 1. The molecule has 10 heteroatoms. The number of ketones is 1. The van der Waals surface area contributed by atoms with Gasteiger partial charge < -0.3 is 14.9 Å². The lowest BCUT2D eigenvalue weighted by Gasteiger charge is -2.25. The summed E-state index contributed by atoms with van der Waals surface area (Å²) in [6.07, 6.45) is 0. The lowest BCUT2D eigenvalue weighted by molar-refractivity contribution is -0.384. The van der Waals surface area contributed by atoms with Gasteiger partial charge in [0.15, 0.2) is 11.5 Å². The molecule has 34 heavy (non-hydrogen) atoms. The zero-order valence-corrected chi connectivity index (χ0v) is 18.4. The summed E-state index contributed by atoms with van der Waals surface area (Å²) in [5.41, 5.74) is 0.0370. The largest absolute Gasteiger partial charge is 0.507 e. The molecule has 1 aliphatic rings. The summed E-state index contributed by atoms with van der Waals surface area (Å²) in [7, 11) is 1.37. The smallest absolute Gasteiger partial charge is 0.300 e. The Morgan fingerprint density at radius 3 is 2.41 bits per heavy atom. The summed E-state index contributed by atoms with van der Waals surface area (Å²) in [5, 5.41) is 33.0. The number of nitro groups is 1. The van der Waals surface area contributed by atoms with Crippen LogP contribution in [0.3, 0.4) is 0 Å². The first kappa shape index (κ1) is 22.8. The molecule has 9 nitrogen and oxygen atoms in total. The van der Waals surface area contributed by atoms with Crippen LogP contribution < -0.4 is 9.64 Å². The number of phenols is 1. The molecule has 1 amide bonds. The Hall–Kier alpha value is -4.37. The van der Waals surface area contributed by atoms with Gasteiger partial charge >= 0.3 is 0 Å². The Kier molecular flexibility index (Phi) is 5.95. The molecule has 2 N–H and O–H groups in total. The number of rotatable bonds is 5. The number of aliphatic hydroxyl groups excluding tert-OH is 1. The number of Topliss-reactive ketones (excluding diaryl/α,β-unsaturated/α-hetero) is 1. The number of anilines is 1. The fourth-order valence-electron chi connectivity index (χ4n) is 3.82. The van der Waals surface area contributed by atoms with E-state index in [2.05, 4.69) is 0 Å². The van der Waals surface area contributed by atoms with Gasteiger partial charge in [0.1, 0.15) is 5.76 Å². The zero-order chi connectivity index (χ0) is 24.6. The summed E-state index contributed by atoms with van der Waals surface area (Å²) in [6, 6.07) is 14.4. The third-order valence-electron chi connectivity index (χ3n) is 5.40. The van der Waals surface area contributed by atoms with Gasteiger partial charge in [0.25, 0.3) is 17.4 Å². The molecular weight excluding hydrogens is 464 g/mol. The lowest BCUT2D eigenvalue weighted by Crippen LogP contribution is -2.29. The Morgan fingerprint density at radius 1 is 1.09 bits per heavy atom. The fraction of sp³-hybridized carbons (Fsp3) is 0.0833. The Morgan fingerprint density at radius 2 is 1.79 bits per heavy atom. The molecule has 1 atom stereocenters. The quantitative estimate of drug-likeness (QED) is 0.179. The number of hydrogen-bond donors (Lipinski definition) is 2. The Bertz CT molecular complexity index is 1350. The first-order valence-electron chi connectivity index (χ1n) is 9.91. The van der Waals surface area contributed by atoms with Crippen molar-refractivity contribution in [1.29, 1.82) is 0 Å². The second kappa shape index (κ2) is 8.87. The van der Waals surface area contributed by atoms with Crippen LogP contribution >= 0.6 is 11.6 Å². The number of nitrogens with zero attached hydrogens (tertiary/aromatic N) is 2. The van der Waals surface area contributed by atoms with Crippen molar-refractivity contribution in [2.45, 2.75) is 6.04 Å². The lowest BCUT2D eigenvalue weighted by atomic mass is 9.94. The van der Waals surface area contributed by atoms with E-state index >= 15 is 0 Å². The number of halogens is 1. The van der Waals surface area contributed by atoms with E-state index in [1.807, 2.05) is 0 Å². The van der Waals surface area contributed by atoms with Gasteiger partial charge in [-0.2, -0.15) is 0 Å². The number of amides is 1. The Balaban J connectivity index is 1.96. The summed E-state index contributed by atoms with van der Waals surface area (Å²) >= 11 is 5.97. The second-order valence-electron chi connectivity index (χ2n) is 7.38. The van der Waals surface area contributed by atoms with Crippen molar-refractivity contribution < 1.29 is 29.5 Å². The first-order valence-corrected chi connectivity index (χ1v) is 10.3. The molecule has 0 saturated carbocycles. The van der Waals surface area contributed by atoms with Crippen molar-refractivity contribution >= 4 is 40.4 Å². The predicted molar refractivity (Wildman–Crippen MR) is 124 cm³/mol. The summed E-state index contributed by atoms with van der Waals surface area (Å²) in [4.78, 5) is 38.0. The standard InChI is InChI=1S/C24H17ClN2O7/c1-34-19-10-5-13(12-18(19)28)21-20(22(29)14-3-2-4-17(11-14)27(32)33)23(30)24(31)26(21)16-8-6-15(25)7-9-16/h2-12,21,28-29H,1H3/b22-20-. The molecule has 1 aliphatic heterocycles. The molecule has 3 aromatic rings. The van der Waals surface area contributed by atoms with Crippen LogP contribution in [-0.2, 0) is 9.59 Å². The highest BCUT2D eigenvalue weighted by atomic mass is 35.5. The van der Waals surface area contributed by atoms with E-state index in [0.29, 0.717) is 16.3 Å². The average molecular weight is 481 g/mol. The van der Waals surface area contributed by atoms with Gasteiger partial charge in [-0.05, 0) is 42.0 Å². The van der Waals surface area contributed by atoms with Gasteiger partial charge in [-0.15, -0.1) is 0 Å². The molecule has 0 bridgehead atoms. The van der Waals surface area contributed by atoms with Crippen molar-refractivity contribution in [3.63, 3.8) is 0 Å². The van der Waals surface area contributed by atoms with Crippen LogP contribution in [0.5, 0.6) is 11.5 Å². The number of methoxy groups -OCH3 is 1. The monoisotopic (exact) mass is 480 g/mol. The number of aliphatic hydroxyl groups is 1. The minimum absolute atomic E-state index is 0.00830. The van der Waals surface area contributed by atoms with E-state index in [9.17, 15) is 29.9 Å². The highest BCUT2D eigenvalue weighted by molar-refractivity contribution is 6.51. The maximum absolute atomic E-state index is 13.1. The van der Waals surface area contributed by atoms with Crippen LogP contribution in [0.1, 0.15) is 17.2 Å². The van der Waals surface area contributed by atoms with E-state index in [-0.39, 0.29) is 28.3 Å². The van der Waals surface area contributed by atoms with Crippen molar-refractivity contribution in [1.82, 2.24) is 0 Å².